The molecule has 0 bridgehead atoms. The Hall–Kier alpha value is -1.94. The van der Waals surface area contributed by atoms with E-state index < -0.39 is 0 Å². The lowest BCUT2D eigenvalue weighted by atomic mass is 9.90. The van der Waals surface area contributed by atoms with Crippen LogP contribution in [0.3, 0.4) is 0 Å². The van der Waals surface area contributed by atoms with Crippen LogP contribution in [0.5, 0.6) is 0 Å². The van der Waals surface area contributed by atoms with Gasteiger partial charge in [-0.05, 0) is 49.4 Å². The van der Waals surface area contributed by atoms with Crippen LogP contribution in [0.25, 0.3) is 10.9 Å². The molecule has 1 aliphatic heterocycles. The fourth-order valence-corrected chi connectivity index (χ4v) is 3.45. The number of aromatic nitrogens is 1. The molecule has 1 aromatic carbocycles. The summed E-state index contributed by atoms with van der Waals surface area (Å²) in [4.78, 5) is 20.4. The van der Waals surface area contributed by atoms with Gasteiger partial charge in [0, 0.05) is 32.2 Å². The molecule has 1 saturated heterocycles. The average molecular weight is 311 g/mol. The minimum absolute atomic E-state index is 0.194. The second-order valence-electron chi connectivity index (χ2n) is 6.72. The fourth-order valence-electron chi connectivity index (χ4n) is 3.45. The summed E-state index contributed by atoms with van der Waals surface area (Å²) in [5.41, 5.74) is 2.45. The summed E-state index contributed by atoms with van der Waals surface area (Å²) in [6.07, 6.45) is 5.33. The lowest BCUT2D eigenvalue weighted by molar-refractivity contribution is -0.130. The van der Waals surface area contributed by atoms with Crippen molar-refractivity contribution in [3.63, 3.8) is 0 Å². The molecular weight excluding hydrogens is 286 g/mol. The highest BCUT2D eigenvalue weighted by atomic mass is 16.2. The summed E-state index contributed by atoms with van der Waals surface area (Å²) < 4.78 is 0. The van der Waals surface area contributed by atoms with Gasteiger partial charge in [-0.1, -0.05) is 18.2 Å². The van der Waals surface area contributed by atoms with E-state index in [1.807, 2.05) is 26.4 Å². The number of hydrogen-bond donors (Lipinski definition) is 0. The number of carbonyl (C=O) groups excluding carboxylic acids is 1. The van der Waals surface area contributed by atoms with E-state index in [1.165, 1.54) is 23.8 Å². The Bertz CT molecular complexity index is 678. The third-order valence-corrected chi connectivity index (χ3v) is 4.71. The van der Waals surface area contributed by atoms with Crippen molar-refractivity contribution >= 4 is 16.8 Å². The van der Waals surface area contributed by atoms with E-state index in [0.717, 1.165) is 25.0 Å². The Labute approximate surface area is 138 Å². The maximum absolute atomic E-state index is 11.9. The minimum Gasteiger partial charge on any atom is -0.348 e. The van der Waals surface area contributed by atoms with Crippen molar-refractivity contribution in [2.75, 3.05) is 33.7 Å². The number of likely N-dealkylation sites (tertiary alicyclic amines) is 1. The molecule has 0 spiro atoms. The van der Waals surface area contributed by atoms with E-state index in [0.29, 0.717) is 12.5 Å². The van der Waals surface area contributed by atoms with Crippen molar-refractivity contribution in [1.82, 2.24) is 14.8 Å². The SMILES string of the molecule is CN(C)C(=O)CN1CCCC(Cc2cccc3ncccc23)C1. The summed E-state index contributed by atoms with van der Waals surface area (Å²) in [6, 6.07) is 10.6. The number of fused-ring (bicyclic) bond motifs is 1. The molecule has 4 heteroatoms. The van der Waals surface area contributed by atoms with Gasteiger partial charge in [-0.2, -0.15) is 0 Å². The zero-order valence-electron chi connectivity index (χ0n) is 14.0. The van der Waals surface area contributed by atoms with Crippen LogP contribution in [0, 0.1) is 5.92 Å². The van der Waals surface area contributed by atoms with E-state index in [1.54, 1.807) is 4.90 Å². The number of amides is 1. The summed E-state index contributed by atoms with van der Waals surface area (Å²) in [7, 11) is 3.65. The van der Waals surface area contributed by atoms with Crippen LogP contribution in [0.1, 0.15) is 18.4 Å². The van der Waals surface area contributed by atoms with Gasteiger partial charge in [0.25, 0.3) is 0 Å². The van der Waals surface area contributed by atoms with E-state index in [2.05, 4.69) is 34.1 Å². The van der Waals surface area contributed by atoms with Crippen molar-refractivity contribution in [3.05, 3.63) is 42.1 Å². The van der Waals surface area contributed by atoms with Gasteiger partial charge in [0.1, 0.15) is 0 Å². The molecule has 2 heterocycles. The number of piperidine rings is 1. The van der Waals surface area contributed by atoms with Crippen molar-refractivity contribution in [2.45, 2.75) is 19.3 Å². The van der Waals surface area contributed by atoms with Crippen LogP contribution in [0.15, 0.2) is 36.5 Å². The fraction of sp³-hybridized carbons (Fsp3) is 0.474. The number of hydrogen-bond acceptors (Lipinski definition) is 3. The number of benzene rings is 1. The van der Waals surface area contributed by atoms with Crippen molar-refractivity contribution < 1.29 is 4.79 Å². The molecule has 1 unspecified atom stereocenters. The first-order valence-corrected chi connectivity index (χ1v) is 8.38. The molecule has 3 rings (SSSR count). The Morgan fingerprint density at radius 2 is 2.17 bits per heavy atom. The summed E-state index contributed by atoms with van der Waals surface area (Å²) in [5.74, 6) is 0.810. The van der Waals surface area contributed by atoms with Crippen molar-refractivity contribution in [3.8, 4) is 0 Å². The molecule has 1 fully saturated rings. The topological polar surface area (TPSA) is 36.4 Å². The molecule has 1 atom stereocenters. The van der Waals surface area contributed by atoms with Gasteiger partial charge in [0.15, 0.2) is 0 Å². The molecule has 0 aliphatic carbocycles. The number of nitrogens with zero attached hydrogens (tertiary/aromatic N) is 3. The monoisotopic (exact) mass is 311 g/mol. The number of pyridine rings is 1. The summed E-state index contributed by atoms with van der Waals surface area (Å²) >= 11 is 0. The third kappa shape index (κ3) is 3.88. The lowest BCUT2D eigenvalue weighted by Gasteiger charge is -2.33. The third-order valence-electron chi connectivity index (χ3n) is 4.71. The van der Waals surface area contributed by atoms with Gasteiger partial charge in [0.2, 0.25) is 5.91 Å². The highest BCUT2D eigenvalue weighted by Gasteiger charge is 2.22. The van der Waals surface area contributed by atoms with Gasteiger partial charge in [0.05, 0.1) is 12.1 Å². The smallest absolute Gasteiger partial charge is 0.236 e. The van der Waals surface area contributed by atoms with Crippen LogP contribution in [-0.4, -0.2) is 54.4 Å². The minimum atomic E-state index is 0.194. The van der Waals surface area contributed by atoms with Gasteiger partial charge < -0.3 is 4.90 Å². The average Bonchev–Trinajstić information content (AvgIpc) is 2.55. The van der Waals surface area contributed by atoms with Crippen molar-refractivity contribution in [1.29, 1.82) is 0 Å². The highest BCUT2D eigenvalue weighted by molar-refractivity contribution is 5.82. The molecule has 2 aromatic rings. The molecule has 0 N–H and O–H groups in total. The van der Waals surface area contributed by atoms with Gasteiger partial charge in [-0.25, -0.2) is 0 Å². The molecule has 1 aromatic heterocycles. The van der Waals surface area contributed by atoms with Gasteiger partial charge in [-0.3, -0.25) is 14.7 Å². The summed E-state index contributed by atoms with van der Waals surface area (Å²) in [6.45, 7) is 2.59. The second kappa shape index (κ2) is 7.09. The number of likely N-dealkylation sites (N-methyl/N-ethyl adjacent to an activating group) is 1. The molecular formula is C19H25N3O. The lowest BCUT2D eigenvalue weighted by Crippen LogP contribution is -2.42. The molecule has 122 valence electrons. The number of rotatable bonds is 4. The van der Waals surface area contributed by atoms with Crippen molar-refractivity contribution in [2.24, 2.45) is 5.92 Å². The molecule has 0 radical (unpaired) electrons. The maximum atomic E-state index is 11.9. The van der Waals surface area contributed by atoms with Gasteiger partial charge >= 0.3 is 0 Å². The van der Waals surface area contributed by atoms with Crippen LogP contribution >= 0.6 is 0 Å². The Morgan fingerprint density at radius 1 is 1.30 bits per heavy atom. The first-order chi connectivity index (χ1) is 11.1. The Kier molecular flexibility index (Phi) is 4.91. The molecule has 1 aliphatic rings. The zero-order chi connectivity index (χ0) is 16.2. The van der Waals surface area contributed by atoms with Gasteiger partial charge in [-0.15, -0.1) is 0 Å². The highest BCUT2D eigenvalue weighted by Crippen LogP contribution is 2.24. The zero-order valence-corrected chi connectivity index (χ0v) is 14.0. The summed E-state index contributed by atoms with van der Waals surface area (Å²) in [5, 5.41) is 1.26. The van der Waals surface area contributed by atoms with Crippen LogP contribution in [-0.2, 0) is 11.2 Å². The van der Waals surface area contributed by atoms with E-state index in [-0.39, 0.29) is 5.91 Å². The predicted molar refractivity (Wildman–Crippen MR) is 93.3 cm³/mol. The first kappa shape index (κ1) is 15.9. The van der Waals surface area contributed by atoms with E-state index in [9.17, 15) is 4.79 Å². The van der Waals surface area contributed by atoms with Crippen LogP contribution in [0.2, 0.25) is 0 Å². The normalized spacial score (nSPS) is 19.0. The quantitative estimate of drug-likeness (QED) is 0.871. The molecule has 23 heavy (non-hydrogen) atoms. The molecule has 1 amide bonds. The first-order valence-electron chi connectivity index (χ1n) is 8.38. The maximum Gasteiger partial charge on any atom is 0.236 e. The largest absolute Gasteiger partial charge is 0.348 e. The van der Waals surface area contributed by atoms with Crippen LogP contribution in [0.4, 0.5) is 0 Å². The number of carbonyl (C=O) groups is 1. The van der Waals surface area contributed by atoms with Crippen LogP contribution < -0.4 is 0 Å². The molecule has 0 saturated carbocycles. The Balaban J connectivity index is 1.68. The Morgan fingerprint density at radius 3 is 3.00 bits per heavy atom. The molecule has 4 nitrogen and oxygen atoms in total. The van der Waals surface area contributed by atoms with E-state index >= 15 is 0 Å². The second-order valence-corrected chi connectivity index (χ2v) is 6.72. The predicted octanol–water partition coefficient (Wildman–Crippen LogP) is 2.58. The van der Waals surface area contributed by atoms with E-state index in [4.69, 9.17) is 0 Å². The standard InChI is InChI=1S/C19H25N3O/c1-21(2)19(23)14-22-11-5-6-15(13-22)12-16-7-3-9-18-17(16)8-4-10-20-18/h3-4,7-10,15H,5-6,11-14H2,1-2H3.